The summed E-state index contributed by atoms with van der Waals surface area (Å²) in [5.74, 6) is 0. The Balaban J connectivity index is 2.01. The Labute approximate surface area is 79.9 Å². The first-order valence-electron chi connectivity index (χ1n) is 5.15. The first-order chi connectivity index (χ1) is 6.08. The summed E-state index contributed by atoms with van der Waals surface area (Å²) in [7, 11) is 0. The van der Waals surface area contributed by atoms with Gasteiger partial charge in [0.1, 0.15) is 5.60 Å². The molecule has 1 aliphatic heterocycles. The molecule has 2 fully saturated rings. The summed E-state index contributed by atoms with van der Waals surface area (Å²) in [6.07, 6.45) is 5.76. The van der Waals surface area contributed by atoms with Crippen molar-refractivity contribution in [3.8, 4) is 6.07 Å². The van der Waals surface area contributed by atoms with Crippen molar-refractivity contribution in [1.29, 1.82) is 5.26 Å². The van der Waals surface area contributed by atoms with Crippen LogP contribution in [-0.4, -0.2) is 11.7 Å². The van der Waals surface area contributed by atoms with Gasteiger partial charge < -0.3 is 4.74 Å². The number of epoxide rings is 1. The van der Waals surface area contributed by atoms with E-state index in [1.54, 1.807) is 0 Å². The summed E-state index contributed by atoms with van der Waals surface area (Å²) in [6.45, 7) is 4.63. The molecule has 1 saturated carbocycles. The number of nitriles is 1. The van der Waals surface area contributed by atoms with E-state index in [0.29, 0.717) is 5.41 Å². The maximum absolute atomic E-state index is 8.77. The Morgan fingerprint density at radius 3 is 2.62 bits per heavy atom. The molecule has 2 nitrogen and oxygen atoms in total. The number of hydrogen-bond donors (Lipinski definition) is 0. The maximum atomic E-state index is 8.77. The van der Waals surface area contributed by atoms with Gasteiger partial charge >= 0.3 is 0 Å². The average molecular weight is 179 g/mol. The third-order valence-corrected chi connectivity index (χ3v) is 3.57. The van der Waals surface area contributed by atoms with Crippen LogP contribution in [0.1, 0.15) is 46.0 Å². The lowest BCUT2D eigenvalue weighted by Gasteiger charge is -2.21. The summed E-state index contributed by atoms with van der Waals surface area (Å²) in [6, 6.07) is 2.23. The number of rotatable bonds is 0. The molecule has 1 heterocycles. The zero-order chi connectivity index (χ0) is 9.53. The van der Waals surface area contributed by atoms with Crippen molar-refractivity contribution >= 4 is 0 Å². The van der Waals surface area contributed by atoms with Crippen molar-refractivity contribution < 1.29 is 4.74 Å². The Hall–Kier alpha value is -0.550. The summed E-state index contributed by atoms with van der Waals surface area (Å²) in [5.41, 5.74) is 0.429. The van der Waals surface area contributed by atoms with Gasteiger partial charge in [0, 0.05) is 0 Å². The zero-order valence-corrected chi connectivity index (χ0v) is 8.47. The molecule has 13 heavy (non-hydrogen) atoms. The molecule has 72 valence electrons. The lowest BCUT2D eigenvalue weighted by Crippen LogP contribution is -2.14. The van der Waals surface area contributed by atoms with Crippen LogP contribution in [0.15, 0.2) is 0 Å². The van der Waals surface area contributed by atoms with E-state index in [9.17, 15) is 0 Å². The standard InChI is InChI=1S/C11H17NO/c1-10(2)4-3-5-11(7-6-10)9(8-12)13-11/h9H,3-7H2,1-2H3. The first-order valence-corrected chi connectivity index (χ1v) is 5.15. The van der Waals surface area contributed by atoms with Gasteiger partial charge in [-0.25, -0.2) is 0 Å². The molecule has 0 bridgehead atoms. The highest BCUT2D eigenvalue weighted by atomic mass is 16.6. The van der Waals surface area contributed by atoms with Crippen LogP contribution in [0.3, 0.4) is 0 Å². The molecule has 2 unspecified atom stereocenters. The molecule has 0 radical (unpaired) electrons. The van der Waals surface area contributed by atoms with E-state index in [1.165, 1.54) is 19.3 Å². The molecule has 2 aliphatic rings. The number of nitrogens with zero attached hydrogens (tertiary/aromatic N) is 1. The summed E-state index contributed by atoms with van der Waals surface area (Å²) in [4.78, 5) is 0. The third-order valence-electron chi connectivity index (χ3n) is 3.57. The van der Waals surface area contributed by atoms with Gasteiger partial charge in [0.05, 0.1) is 6.07 Å². The Morgan fingerprint density at radius 1 is 1.23 bits per heavy atom. The Morgan fingerprint density at radius 2 is 2.00 bits per heavy atom. The highest BCUT2D eigenvalue weighted by Crippen LogP contribution is 2.50. The van der Waals surface area contributed by atoms with Crippen LogP contribution in [-0.2, 0) is 4.74 Å². The molecule has 1 aliphatic carbocycles. The van der Waals surface area contributed by atoms with Gasteiger partial charge in [-0.05, 0) is 37.5 Å². The molecule has 0 aromatic carbocycles. The largest absolute Gasteiger partial charge is 0.350 e. The second-order valence-electron chi connectivity index (χ2n) is 5.21. The van der Waals surface area contributed by atoms with Crippen molar-refractivity contribution in [3.05, 3.63) is 0 Å². The second kappa shape index (κ2) is 2.72. The predicted molar refractivity (Wildman–Crippen MR) is 50.1 cm³/mol. The van der Waals surface area contributed by atoms with Gasteiger partial charge in [-0.2, -0.15) is 5.26 Å². The van der Waals surface area contributed by atoms with Crippen LogP contribution in [0.5, 0.6) is 0 Å². The molecule has 0 aromatic heterocycles. The minimum absolute atomic E-state index is 0.0253. The maximum Gasteiger partial charge on any atom is 0.173 e. The fourth-order valence-electron chi connectivity index (χ4n) is 2.39. The fourth-order valence-corrected chi connectivity index (χ4v) is 2.39. The number of hydrogen-bond acceptors (Lipinski definition) is 2. The predicted octanol–water partition coefficient (Wildman–Crippen LogP) is 2.64. The number of ether oxygens (including phenoxy) is 1. The molecular weight excluding hydrogens is 162 g/mol. The lowest BCUT2D eigenvalue weighted by molar-refractivity contribution is 0.258. The Kier molecular flexibility index (Phi) is 1.89. The van der Waals surface area contributed by atoms with E-state index >= 15 is 0 Å². The molecule has 0 N–H and O–H groups in total. The second-order valence-corrected chi connectivity index (χ2v) is 5.21. The van der Waals surface area contributed by atoms with Crippen molar-refractivity contribution in [1.82, 2.24) is 0 Å². The van der Waals surface area contributed by atoms with Crippen LogP contribution < -0.4 is 0 Å². The minimum Gasteiger partial charge on any atom is -0.350 e. The highest BCUT2D eigenvalue weighted by molar-refractivity contribution is 5.14. The van der Waals surface area contributed by atoms with Crippen molar-refractivity contribution in [2.24, 2.45) is 5.41 Å². The van der Waals surface area contributed by atoms with E-state index in [-0.39, 0.29) is 11.7 Å². The fraction of sp³-hybridized carbons (Fsp3) is 0.909. The van der Waals surface area contributed by atoms with E-state index < -0.39 is 0 Å². The van der Waals surface area contributed by atoms with Crippen molar-refractivity contribution in [2.45, 2.75) is 57.7 Å². The van der Waals surface area contributed by atoms with Gasteiger partial charge in [-0.1, -0.05) is 13.8 Å². The monoisotopic (exact) mass is 179 g/mol. The molecular formula is C11H17NO. The SMILES string of the molecule is CC1(C)CCCC2(CC1)OC2C#N. The van der Waals surface area contributed by atoms with Crippen LogP contribution in [0.2, 0.25) is 0 Å². The Bertz CT molecular complexity index is 253. The lowest BCUT2D eigenvalue weighted by atomic mass is 9.84. The van der Waals surface area contributed by atoms with Crippen LogP contribution in [0.4, 0.5) is 0 Å². The van der Waals surface area contributed by atoms with Gasteiger partial charge in [-0.3, -0.25) is 0 Å². The van der Waals surface area contributed by atoms with Crippen LogP contribution in [0.25, 0.3) is 0 Å². The normalized spacial score (nSPS) is 42.4. The highest BCUT2D eigenvalue weighted by Gasteiger charge is 2.57. The van der Waals surface area contributed by atoms with Gasteiger partial charge in [0.2, 0.25) is 0 Å². The summed E-state index contributed by atoms with van der Waals surface area (Å²) >= 11 is 0. The smallest absolute Gasteiger partial charge is 0.173 e. The summed E-state index contributed by atoms with van der Waals surface area (Å²) in [5, 5.41) is 8.77. The van der Waals surface area contributed by atoms with Crippen molar-refractivity contribution in [2.75, 3.05) is 0 Å². The van der Waals surface area contributed by atoms with E-state index in [2.05, 4.69) is 19.9 Å². The topological polar surface area (TPSA) is 36.3 Å². The molecule has 2 heteroatoms. The van der Waals surface area contributed by atoms with E-state index in [1.807, 2.05) is 0 Å². The van der Waals surface area contributed by atoms with Gasteiger partial charge in [0.15, 0.2) is 6.10 Å². The van der Waals surface area contributed by atoms with E-state index in [4.69, 9.17) is 10.00 Å². The molecule has 1 spiro atoms. The molecule has 1 saturated heterocycles. The average Bonchev–Trinajstić information content (AvgIpc) is 2.78. The van der Waals surface area contributed by atoms with Gasteiger partial charge in [0.25, 0.3) is 0 Å². The zero-order valence-electron chi connectivity index (χ0n) is 8.47. The summed E-state index contributed by atoms with van der Waals surface area (Å²) < 4.78 is 5.51. The minimum atomic E-state index is -0.0959. The third kappa shape index (κ3) is 1.58. The quantitative estimate of drug-likeness (QED) is 0.536. The van der Waals surface area contributed by atoms with Gasteiger partial charge in [-0.15, -0.1) is 0 Å². The van der Waals surface area contributed by atoms with Crippen LogP contribution in [0, 0.1) is 16.7 Å². The molecule has 2 atom stereocenters. The van der Waals surface area contributed by atoms with E-state index in [0.717, 1.165) is 12.8 Å². The molecule has 0 aromatic rings. The molecule has 0 amide bonds. The first kappa shape index (κ1) is 9.02. The van der Waals surface area contributed by atoms with Crippen molar-refractivity contribution in [3.63, 3.8) is 0 Å². The molecule has 2 rings (SSSR count). The van der Waals surface area contributed by atoms with Crippen LogP contribution >= 0.6 is 0 Å².